The number of allylic oxidation sites excluding steroid dienone is 4. The molecule has 0 radical (unpaired) electrons. The van der Waals surface area contributed by atoms with Crippen LogP contribution in [-0.4, -0.2) is 10.1 Å². The van der Waals surface area contributed by atoms with Gasteiger partial charge in [-0.3, -0.25) is 0 Å². The molecule has 86 valence electrons. The number of rotatable bonds is 4. The Kier molecular flexibility index (Phi) is 3.88. The van der Waals surface area contributed by atoms with E-state index in [9.17, 15) is 0 Å². The van der Waals surface area contributed by atoms with Crippen molar-refractivity contribution in [2.45, 2.75) is 13.8 Å². The van der Waals surface area contributed by atoms with Crippen molar-refractivity contribution in [3.05, 3.63) is 36.4 Å². The molecule has 0 bridgehead atoms. The molecule has 1 aromatic rings. The van der Waals surface area contributed by atoms with Crippen LogP contribution in [0.2, 0.25) is 0 Å². The van der Waals surface area contributed by atoms with E-state index in [1.807, 2.05) is 6.08 Å². The lowest BCUT2D eigenvalue weighted by Gasteiger charge is -2.03. The zero-order valence-electron chi connectivity index (χ0n) is 9.47. The molecule has 1 rings (SSSR count). The van der Waals surface area contributed by atoms with Gasteiger partial charge in [-0.25, -0.2) is 0 Å². The summed E-state index contributed by atoms with van der Waals surface area (Å²) in [7, 11) is 0. The van der Waals surface area contributed by atoms with E-state index in [-0.39, 0.29) is 5.95 Å². The molecule has 0 amide bonds. The van der Waals surface area contributed by atoms with E-state index < -0.39 is 0 Å². The molecule has 0 spiro atoms. The largest absolute Gasteiger partial charge is 0.404 e. The second-order valence-electron chi connectivity index (χ2n) is 3.64. The van der Waals surface area contributed by atoms with Gasteiger partial charge in [0.1, 0.15) is 0 Å². The van der Waals surface area contributed by atoms with Gasteiger partial charge >= 0.3 is 0 Å². The number of nitrogens with zero attached hydrogens (tertiary/aromatic N) is 2. The van der Waals surface area contributed by atoms with Gasteiger partial charge in [0, 0.05) is 5.57 Å². The molecule has 0 aliphatic heterocycles. The van der Waals surface area contributed by atoms with Crippen molar-refractivity contribution in [2.24, 2.45) is 11.7 Å². The third kappa shape index (κ3) is 2.98. The smallest absolute Gasteiger partial charge is 0.261 e. The van der Waals surface area contributed by atoms with Crippen molar-refractivity contribution in [3.63, 3.8) is 0 Å². The predicted octanol–water partition coefficient (Wildman–Crippen LogP) is 1.72. The van der Waals surface area contributed by atoms with Gasteiger partial charge in [0.25, 0.3) is 11.8 Å². The summed E-state index contributed by atoms with van der Waals surface area (Å²) in [5.74, 6) is 0.763. The number of nitrogen functional groups attached to an aromatic ring is 1. The van der Waals surface area contributed by atoms with Crippen LogP contribution in [0.3, 0.4) is 0 Å². The van der Waals surface area contributed by atoms with E-state index in [1.165, 1.54) is 0 Å². The first-order chi connectivity index (χ1) is 7.54. The highest BCUT2D eigenvalue weighted by molar-refractivity contribution is 5.67. The number of nitrogens with two attached hydrogens (primary N) is 2. The van der Waals surface area contributed by atoms with Crippen molar-refractivity contribution in [1.82, 2.24) is 10.1 Å². The van der Waals surface area contributed by atoms with Crippen LogP contribution in [0.1, 0.15) is 19.7 Å². The SMILES string of the molecule is C=C(/C=C\C(=C/N)C(C)C)c1nc(N)no1. The third-order valence-corrected chi connectivity index (χ3v) is 2.05. The summed E-state index contributed by atoms with van der Waals surface area (Å²) in [6.45, 7) is 7.90. The van der Waals surface area contributed by atoms with Crippen LogP contribution < -0.4 is 11.5 Å². The fraction of sp³-hybridized carbons (Fsp3) is 0.273. The van der Waals surface area contributed by atoms with Crippen LogP contribution in [0.25, 0.3) is 5.57 Å². The molecule has 5 heteroatoms. The van der Waals surface area contributed by atoms with Crippen molar-refractivity contribution >= 4 is 11.5 Å². The van der Waals surface area contributed by atoms with Crippen LogP contribution in [0.5, 0.6) is 0 Å². The van der Waals surface area contributed by atoms with E-state index in [1.54, 1.807) is 12.3 Å². The molecule has 1 aromatic heterocycles. The quantitative estimate of drug-likeness (QED) is 0.754. The maximum absolute atomic E-state index is 5.49. The van der Waals surface area contributed by atoms with Gasteiger partial charge in [0.05, 0.1) is 0 Å². The maximum atomic E-state index is 5.49. The first-order valence-corrected chi connectivity index (χ1v) is 4.93. The number of hydrogen-bond donors (Lipinski definition) is 2. The van der Waals surface area contributed by atoms with Gasteiger partial charge in [-0.15, -0.1) is 0 Å². The van der Waals surface area contributed by atoms with Crippen molar-refractivity contribution in [3.8, 4) is 0 Å². The highest BCUT2D eigenvalue weighted by Gasteiger charge is 2.05. The second-order valence-corrected chi connectivity index (χ2v) is 3.64. The Bertz CT molecular complexity index is 429. The number of hydrogen-bond acceptors (Lipinski definition) is 5. The zero-order valence-corrected chi connectivity index (χ0v) is 9.47. The van der Waals surface area contributed by atoms with Gasteiger partial charge in [0.15, 0.2) is 0 Å². The zero-order chi connectivity index (χ0) is 12.1. The highest BCUT2D eigenvalue weighted by Crippen LogP contribution is 2.15. The number of aromatic nitrogens is 2. The molecule has 16 heavy (non-hydrogen) atoms. The Labute approximate surface area is 94.5 Å². The molecule has 0 aliphatic rings. The molecule has 5 nitrogen and oxygen atoms in total. The van der Waals surface area contributed by atoms with E-state index in [2.05, 4.69) is 30.6 Å². The molecule has 0 saturated carbocycles. The molecular formula is C11H16N4O. The normalized spacial score (nSPS) is 12.6. The van der Waals surface area contributed by atoms with Gasteiger partial charge in [0.2, 0.25) is 0 Å². The highest BCUT2D eigenvalue weighted by atomic mass is 16.5. The average Bonchev–Trinajstić information content (AvgIpc) is 2.65. The lowest BCUT2D eigenvalue weighted by Crippen LogP contribution is -1.94. The molecule has 0 atom stereocenters. The van der Waals surface area contributed by atoms with Gasteiger partial charge in [-0.1, -0.05) is 26.5 Å². The molecule has 0 saturated heterocycles. The van der Waals surface area contributed by atoms with Crippen LogP contribution in [0.15, 0.2) is 35.0 Å². The predicted molar refractivity (Wildman–Crippen MR) is 64.0 cm³/mol. The Hall–Kier alpha value is -2.04. The second kappa shape index (κ2) is 5.16. The van der Waals surface area contributed by atoms with Crippen molar-refractivity contribution in [1.29, 1.82) is 0 Å². The fourth-order valence-corrected chi connectivity index (χ4v) is 1.07. The Balaban J connectivity index is 2.75. The molecule has 1 heterocycles. The monoisotopic (exact) mass is 220 g/mol. The van der Waals surface area contributed by atoms with E-state index >= 15 is 0 Å². The molecule has 0 aromatic carbocycles. The summed E-state index contributed by atoms with van der Waals surface area (Å²) in [5, 5.41) is 3.48. The summed E-state index contributed by atoms with van der Waals surface area (Å²) in [4.78, 5) is 3.86. The molecule has 0 aliphatic carbocycles. The minimum Gasteiger partial charge on any atom is -0.404 e. The van der Waals surface area contributed by atoms with E-state index in [0.717, 1.165) is 5.57 Å². The topological polar surface area (TPSA) is 91.0 Å². The van der Waals surface area contributed by atoms with Crippen molar-refractivity contribution < 1.29 is 4.52 Å². The Morgan fingerprint density at radius 3 is 2.56 bits per heavy atom. The lowest BCUT2D eigenvalue weighted by molar-refractivity contribution is 0.410. The van der Waals surface area contributed by atoms with Crippen LogP contribution in [0, 0.1) is 5.92 Å². The Morgan fingerprint density at radius 2 is 2.12 bits per heavy atom. The molecule has 0 fully saturated rings. The summed E-state index contributed by atoms with van der Waals surface area (Å²) in [6.07, 6.45) is 5.20. The summed E-state index contributed by atoms with van der Waals surface area (Å²) < 4.78 is 4.86. The Morgan fingerprint density at radius 1 is 1.44 bits per heavy atom. The lowest BCUT2D eigenvalue weighted by atomic mass is 10.0. The molecule has 4 N–H and O–H groups in total. The van der Waals surface area contributed by atoms with Crippen LogP contribution in [0.4, 0.5) is 5.95 Å². The molecular weight excluding hydrogens is 204 g/mol. The van der Waals surface area contributed by atoms with Crippen LogP contribution >= 0.6 is 0 Å². The average molecular weight is 220 g/mol. The minimum atomic E-state index is 0.100. The summed E-state index contributed by atoms with van der Waals surface area (Å²) in [6, 6.07) is 0. The summed E-state index contributed by atoms with van der Waals surface area (Å²) >= 11 is 0. The fourth-order valence-electron chi connectivity index (χ4n) is 1.07. The first-order valence-electron chi connectivity index (χ1n) is 4.93. The van der Waals surface area contributed by atoms with Crippen LogP contribution in [-0.2, 0) is 0 Å². The minimum absolute atomic E-state index is 0.100. The van der Waals surface area contributed by atoms with Gasteiger partial charge < -0.3 is 16.0 Å². The standard InChI is InChI=1S/C11H16N4O/c1-7(2)9(6-12)5-4-8(3)10-14-11(13)15-16-10/h4-7H,3,12H2,1-2H3,(H2,13,15)/b5-4-,9-6+. The third-order valence-electron chi connectivity index (χ3n) is 2.05. The van der Waals surface area contributed by atoms with E-state index in [4.69, 9.17) is 16.0 Å². The number of anilines is 1. The molecule has 0 unspecified atom stereocenters. The maximum Gasteiger partial charge on any atom is 0.261 e. The first kappa shape index (κ1) is 12.0. The summed E-state index contributed by atoms with van der Waals surface area (Å²) in [5.41, 5.74) is 12.4. The van der Waals surface area contributed by atoms with Gasteiger partial charge in [-0.2, -0.15) is 4.98 Å². The van der Waals surface area contributed by atoms with E-state index in [0.29, 0.717) is 17.4 Å². The van der Waals surface area contributed by atoms with Gasteiger partial charge in [-0.05, 0) is 28.9 Å². The van der Waals surface area contributed by atoms with Crippen molar-refractivity contribution in [2.75, 3.05) is 5.73 Å².